The highest BCUT2D eigenvalue weighted by atomic mass is 35.5. The fourth-order valence-electron chi connectivity index (χ4n) is 14.9. The molecule has 0 fully saturated rings. The van der Waals surface area contributed by atoms with Gasteiger partial charge in [-0.3, -0.25) is 43.3 Å². The summed E-state index contributed by atoms with van der Waals surface area (Å²) in [6.45, 7) is 6.04. The topological polar surface area (TPSA) is 473 Å². The molecule has 8 aromatic carbocycles. The van der Waals surface area contributed by atoms with Gasteiger partial charge in [-0.15, -0.1) is 99.3 Å². The number of unbranched alkanes of at least 4 members (excludes halogenated alkanes) is 19. The first-order valence-electron chi connectivity index (χ1n) is 50.0. The summed E-state index contributed by atoms with van der Waals surface area (Å²) in [5.41, 5.74) is 53.2. The van der Waals surface area contributed by atoms with E-state index in [4.69, 9.17) is 127 Å². The molecule has 32 heteroatoms. The van der Waals surface area contributed by atoms with E-state index in [-0.39, 0.29) is 146 Å². The second-order valence-corrected chi connectivity index (χ2v) is 35.1. The van der Waals surface area contributed by atoms with Gasteiger partial charge in [0.1, 0.15) is 46.0 Å². The van der Waals surface area contributed by atoms with Gasteiger partial charge in [-0.05, 0) is 309 Å². The minimum atomic E-state index is 0. The third-order valence-corrected chi connectivity index (χ3v) is 22.7. The quantitative estimate of drug-likeness (QED) is 0.00956. The molecule has 143 heavy (non-hydrogen) atoms. The Labute approximate surface area is 905 Å². The molecule has 802 valence electrons. The van der Waals surface area contributed by atoms with Gasteiger partial charge in [0, 0.05) is 51.4 Å². The summed E-state index contributed by atoms with van der Waals surface area (Å²) in [5.74, 6) is 9.45. The van der Waals surface area contributed by atoms with E-state index in [2.05, 4.69) is 97.1 Å². The van der Waals surface area contributed by atoms with E-state index in [1.54, 1.807) is 0 Å². The first kappa shape index (κ1) is 139. The Morgan fingerprint density at radius 2 is 0.217 bits per heavy atom. The van der Waals surface area contributed by atoms with Crippen molar-refractivity contribution in [2.45, 2.75) is 302 Å². The van der Waals surface area contributed by atoms with E-state index in [1.807, 2.05) is 97.1 Å². The van der Waals surface area contributed by atoms with Crippen molar-refractivity contribution in [3.05, 3.63) is 239 Å². The highest BCUT2D eigenvalue weighted by Crippen LogP contribution is 2.25. The molecule has 24 N–H and O–H groups in total. The number of hydrogen-bond acceptors (Lipinski definition) is 16. The molecule has 0 aliphatic heterocycles. The fourth-order valence-corrected chi connectivity index (χ4v) is 14.9. The van der Waals surface area contributed by atoms with Crippen molar-refractivity contribution in [2.24, 2.45) is 45.9 Å². The molecular weight excluding hydrogens is 1970 g/mol. The van der Waals surface area contributed by atoms with E-state index in [0.717, 1.165) is 279 Å². The predicted octanol–water partition coefficient (Wildman–Crippen LogP) is 27.0. The van der Waals surface area contributed by atoms with Gasteiger partial charge in [0.15, 0.2) is 0 Å². The lowest BCUT2D eigenvalue weighted by atomic mass is 10.1. The molecule has 0 heterocycles. The van der Waals surface area contributed by atoms with Gasteiger partial charge in [-0.25, -0.2) is 0 Å². The van der Waals surface area contributed by atoms with Crippen LogP contribution in [0.4, 0.5) is 0 Å². The Morgan fingerprint density at radius 1 is 0.133 bits per heavy atom. The maximum atomic E-state index is 7.28. The number of hydrogen-bond donors (Lipinski definition) is 16. The molecule has 0 saturated carbocycles. The van der Waals surface area contributed by atoms with Crippen molar-refractivity contribution in [1.82, 2.24) is 0 Å². The van der Waals surface area contributed by atoms with Crippen molar-refractivity contribution in [2.75, 3.05) is 52.9 Å². The molecule has 0 aromatic heterocycles. The maximum Gasteiger partial charge on any atom is 0.119 e. The monoisotopic (exact) mass is 2140 g/mol. The van der Waals surface area contributed by atoms with E-state index >= 15 is 0 Å². The van der Waals surface area contributed by atoms with Gasteiger partial charge in [0.2, 0.25) is 0 Å². The molecule has 0 radical (unpaired) electrons. The van der Waals surface area contributed by atoms with Crippen LogP contribution in [0, 0.1) is 43.3 Å². The molecule has 0 aliphatic rings. The van der Waals surface area contributed by atoms with Crippen LogP contribution in [0.15, 0.2) is 194 Å². The van der Waals surface area contributed by atoms with E-state index < -0.39 is 0 Å². The number of amidine groups is 8. The van der Waals surface area contributed by atoms with Gasteiger partial charge in [0.25, 0.3) is 0 Å². The van der Waals surface area contributed by atoms with E-state index in [1.165, 1.54) is 115 Å². The normalized spacial score (nSPS) is 10.1. The van der Waals surface area contributed by atoms with Crippen LogP contribution in [0.5, 0.6) is 46.0 Å². The average Bonchev–Trinajstić information content (AvgIpc) is 0.950. The molecule has 8 aromatic rings. The summed E-state index contributed by atoms with van der Waals surface area (Å²) in [5, 5.41) is 58.1. The molecule has 8 rings (SSSR count). The number of ether oxygens (including phenoxy) is 8. The molecule has 24 nitrogen and oxygen atoms in total. The Hall–Kier alpha value is -9.76. The largest absolute Gasteiger partial charge is 0.494 e. The summed E-state index contributed by atoms with van der Waals surface area (Å²) in [6, 6.07) is 66.1. The molecule has 0 atom stereocenters. The Kier molecular flexibility index (Phi) is 89.9. The summed E-state index contributed by atoms with van der Waals surface area (Å²) < 4.78 is 46.8. The zero-order valence-electron chi connectivity index (χ0n) is 84.5. The molecule has 0 saturated heterocycles. The number of aryl methyl sites for hydroxylation is 8. The standard InChI is InChI=1S/C30H46N4O2.C28H42N4O2.C27H40N4O2.C26H38N4O2.8ClH/c31-29(32)13-9-11-25-15-19-27(20-16-25)35-23-7-5-3-1-2-4-6-8-24-36-28-21-17-26(18-22-28)12-10-14-30(33)34;29-27(30)11-7-9-23-13-17-25(18-14-23)33-21-5-3-1-2-4-6-22-34-26-19-15-24(16-20-26)10-8-12-28(31)32;28-26(29)10-6-8-22-12-16-24(17-13-22)32-20-4-2-1-3-5-21-33-25-18-14-23(15-19-25)9-7-11-27(30)31;27-25(28)9-5-7-21-11-15-23(16-12-21)31-19-3-1-2-4-20-32-24-17-13-22(14-18-24)8-6-10-26(29)30;;;;;;;;/h15-22H,1-14,23-24H2,(H3,31,32)(H3,33,34);13-20H,1-12,21-22H2,(H3,29,30)(H3,31,32);12-19H,1-11,20-21H2,(H3,28,29)(H3,30,31);11-18H,1-10,19-20H2,(H3,27,28)(H3,29,30);8*1H. The Balaban J connectivity index is -0.000000885. The Morgan fingerprint density at radius 3 is 0.301 bits per heavy atom. The molecule has 0 spiro atoms. The smallest absolute Gasteiger partial charge is 0.119 e. The van der Waals surface area contributed by atoms with Crippen LogP contribution in [0.25, 0.3) is 0 Å². The van der Waals surface area contributed by atoms with Crippen LogP contribution in [0.1, 0.15) is 295 Å². The lowest BCUT2D eigenvalue weighted by Gasteiger charge is -2.09. The zero-order valence-corrected chi connectivity index (χ0v) is 91.0. The van der Waals surface area contributed by atoms with Gasteiger partial charge in [-0.1, -0.05) is 181 Å². The van der Waals surface area contributed by atoms with Crippen LogP contribution < -0.4 is 83.8 Å². The van der Waals surface area contributed by atoms with E-state index in [9.17, 15) is 0 Å². The molecular formula is C111H174Cl8N16O8. The molecule has 0 unspecified atom stereocenters. The zero-order chi connectivity index (χ0) is 97.0. The predicted molar refractivity (Wildman–Crippen MR) is 618 cm³/mol. The first-order chi connectivity index (χ1) is 65.6. The number of nitrogens with one attached hydrogen (secondary N) is 8. The SMILES string of the molecule is Cl.Cl.Cl.Cl.Cl.Cl.Cl.Cl.N=C(N)CCCc1ccc(OCCCCCCCCCCOc2ccc(CCCC(=N)N)cc2)cc1.N=C(N)CCCc1ccc(OCCCCCCCCOc2ccc(CCCC(=N)N)cc2)cc1.N=C(N)CCCc1ccc(OCCCCCCCOc2ccc(CCCC(=N)N)cc2)cc1.N=C(N)CCCc1ccc(OCCCCCCOc2ccc(CCCC(=N)N)cc2)cc1. The van der Waals surface area contributed by atoms with Crippen molar-refractivity contribution >= 4 is 146 Å². The third kappa shape index (κ3) is 78.3. The number of rotatable bonds is 75. The Bertz CT molecular complexity index is 4220. The fraction of sp³-hybridized carbons (Fsp3) is 0.495. The van der Waals surface area contributed by atoms with Gasteiger partial charge >= 0.3 is 0 Å². The number of halogens is 8. The highest BCUT2D eigenvalue weighted by Gasteiger charge is 2.09. The maximum absolute atomic E-state index is 7.28. The van der Waals surface area contributed by atoms with Crippen LogP contribution in [-0.4, -0.2) is 99.5 Å². The molecule has 0 aliphatic carbocycles. The third-order valence-electron chi connectivity index (χ3n) is 22.7. The minimum Gasteiger partial charge on any atom is -0.494 e. The summed E-state index contributed by atoms with van der Waals surface area (Å²) in [7, 11) is 0. The first-order valence-corrected chi connectivity index (χ1v) is 50.0. The number of benzene rings is 8. The lowest BCUT2D eigenvalue weighted by molar-refractivity contribution is 0.287. The number of nitrogens with two attached hydrogens (primary N) is 8. The van der Waals surface area contributed by atoms with Crippen molar-refractivity contribution in [3.63, 3.8) is 0 Å². The molecule has 0 bridgehead atoms. The van der Waals surface area contributed by atoms with Crippen molar-refractivity contribution in [1.29, 1.82) is 43.3 Å². The average molecular weight is 2140 g/mol. The van der Waals surface area contributed by atoms with Gasteiger partial charge in [-0.2, -0.15) is 0 Å². The van der Waals surface area contributed by atoms with Gasteiger partial charge in [0.05, 0.1) is 99.5 Å². The van der Waals surface area contributed by atoms with Crippen LogP contribution >= 0.6 is 99.3 Å². The summed E-state index contributed by atoms with van der Waals surface area (Å²) in [4.78, 5) is 0. The summed E-state index contributed by atoms with van der Waals surface area (Å²) >= 11 is 0. The van der Waals surface area contributed by atoms with Crippen LogP contribution in [0.3, 0.4) is 0 Å². The van der Waals surface area contributed by atoms with Crippen molar-refractivity contribution in [3.8, 4) is 46.0 Å². The van der Waals surface area contributed by atoms with E-state index in [0.29, 0.717) is 51.4 Å². The lowest BCUT2D eigenvalue weighted by Crippen LogP contribution is -2.09. The molecule has 0 amide bonds. The van der Waals surface area contributed by atoms with Crippen LogP contribution in [0.2, 0.25) is 0 Å². The highest BCUT2D eigenvalue weighted by molar-refractivity contribution is 5.86. The van der Waals surface area contributed by atoms with Crippen molar-refractivity contribution < 1.29 is 37.9 Å². The van der Waals surface area contributed by atoms with Gasteiger partial charge < -0.3 is 83.8 Å². The van der Waals surface area contributed by atoms with Crippen LogP contribution in [-0.2, 0) is 51.4 Å². The second-order valence-electron chi connectivity index (χ2n) is 35.1. The second kappa shape index (κ2) is 92.1. The summed E-state index contributed by atoms with van der Waals surface area (Å²) in [6.07, 6.45) is 46.8. The minimum absolute atomic E-state index is 0.